The Labute approximate surface area is 123 Å². The number of nitrogens with zero attached hydrogens (tertiary/aromatic N) is 1. The second-order valence-electron chi connectivity index (χ2n) is 4.02. The van der Waals surface area contributed by atoms with E-state index in [1.165, 1.54) is 17.5 Å². The number of rotatable bonds is 3. The molecule has 3 rings (SSSR count). The first-order chi connectivity index (χ1) is 9.65. The summed E-state index contributed by atoms with van der Waals surface area (Å²) in [6.07, 6.45) is 3.14. The molecule has 0 bridgehead atoms. The number of hydrogen-bond donors (Lipinski definition) is 1. The van der Waals surface area contributed by atoms with Crippen LogP contribution in [0.2, 0.25) is 5.02 Å². The number of carboxylic acids is 1. The molecule has 0 atom stereocenters. The lowest BCUT2D eigenvalue weighted by Crippen LogP contribution is -1.95. The molecule has 0 unspecified atom stereocenters. The van der Waals surface area contributed by atoms with Crippen molar-refractivity contribution in [2.75, 3.05) is 0 Å². The molecule has 0 saturated heterocycles. The molecule has 2 aromatic heterocycles. The van der Waals surface area contributed by atoms with E-state index in [0.717, 1.165) is 4.70 Å². The van der Waals surface area contributed by atoms with Gasteiger partial charge in [0.2, 0.25) is 0 Å². The van der Waals surface area contributed by atoms with E-state index in [-0.39, 0.29) is 5.56 Å². The molecule has 3 aromatic rings. The lowest BCUT2D eigenvalue weighted by atomic mass is 10.2. The molecule has 1 N–H and O–H groups in total. The molecule has 4 nitrogen and oxygen atoms in total. The first-order valence-corrected chi connectivity index (χ1v) is 6.93. The number of halogens is 1. The van der Waals surface area contributed by atoms with Gasteiger partial charge in [0.05, 0.1) is 21.8 Å². The number of aromatic nitrogens is 1. The van der Waals surface area contributed by atoms with E-state index in [2.05, 4.69) is 4.98 Å². The van der Waals surface area contributed by atoms with Crippen molar-refractivity contribution in [2.45, 2.75) is 0 Å². The predicted octanol–water partition coefficient (Wildman–Crippen LogP) is 4.44. The number of benzene rings is 1. The molecule has 0 saturated carbocycles. The summed E-state index contributed by atoms with van der Waals surface area (Å²) in [5, 5.41) is 12.0. The topological polar surface area (TPSA) is 59.4 Å². The Morgan fingerprint density at radius 2 is 2.00 bits per heavy atom. The van der Waals surface area contributed by atoms with Gasteiger partial charge in [0.1, 0.15) is 5.75 Å². The summed E-state index contributed by atoms with van der Waals surface area (Å²) in [4.78, 5) is 15.3. The first kappa shape index (κ1) is 12.9. The Hall–Kier alpha value is -2.11. The standard InChI is InChI=1S/C14H8ClNO3S/c15-8-1-3-9(4-2-8)19-11-5-16-6-12-13(11)10(7-20-12)14(17)18/h1-7H,(H,17,18). The van der Waals surface area contributed by atoms with E-state index in [0.29, 0.717) is 21.9 Å². The number of ether oxygens (including phenoxy) is 1. The average molecular weight is 306 g/mol. The van der Waals surface area contributed by atoms with Crippen LogP contribution in [-0.4, -0.2) is 16.1 Å². The third kappa shape index (κ3) is 2.33. The molecule has 0 spiro atoms. The van der Waals surface area contributed by atoms with Gasteiger partial charge >= 0.3 is 5.97 Å². The zero-order valence-electron chi connectivity index (χ0n) is 10.0. The molecule has 0 amide bonds. The molecule has 100 valence electrons. The molecular formula is C14H8ClNO3S. The maximum Gasteiger partial charge on any atom is 0.337 e. The zero-order chi connectivity index (χ0) is 14.1. The molecule has 6 heteroatoms. The van der Waals surface area contributed by atoms with Crippen LogP contribution in [0, 0.1) is 0 Å². The van der Waals surface area contributed by atoms with Gasteiger partial charge in [-0.25, -0.2) is 4.79 Å². The molecule has 0 aliphatic rings. The molecule has 0 aliphatic heterocycles. The summed E-state index contributed by atoms with van der Waals surface area (Å²) >= 11 is 7.14. The number of fused-ring (bicyclic) bond motifs is 1. The van der Waals surface area contributed by atoms with Crippen LogP contribution in [0.1, 0.15) is 10.4 Å². The third-order valence-corrected chi connectivity index (χ3v) is 3.89. The molecular weight excluding hydrogens is 298 g/mol. The Bertz CT molecular complexity index is 783. The van der Waals surface area contributed by atoms with Gasteiger partial charge < -0.3 is 9.84 Å². The van der Waals surface area contributed by atoms with Gasteiger partial charge in [-0.3, -0.25) is 4.98 Å². The molecule has 1 aromatic carbocycles. The summed E-state index contributed by atoms with van der Waals surface area (Å²) in [7, 11) is 0. The van der Waals surface area contributed by atoms with Gasteiger partial charge in [0.25, 0.3) is 0 Å². The molecule has 20 heavy (non-hydrogen) atoms. The molecule has 0 radical (unpaired) electrons. The van der Waals surface area contributed by atoms with Crippen LogP contribution in [0.25, 0.3) is 10.1 Å². The van der Waals surface area contributed by atoms with E-state index in [4.69, 9.17) is 16.3 Å². The van der Waals surface area contributed by atoms with Crippen molar-refractivity contribution in [2.24, 2.45) is 0 Å². The average Bonchev–Trinajstić information content (AvgIpc) is 2.86. The van der Waals surface area contributed by atoms with Crippen molar-refractivity contribution in [1.82, 2.24) is 4.98 Å². The van der Waals surface area contributed by atoms with E-state index < -0.39 is 5.97 Å². The van der Waals surface area contributed by atoms with Crippen molar-refractivity contribution in [3.63, 3.8) is 0 Å². The summed E-state index contributed by atoms with van der Waals surface area (Å²) in [5.41, 5.74) is 0.219. The zero-order valence-corrected chi connectivity index (χ0v) is 11.6. The van der Waals surface area contributed by atoms with Crippen LogP contribution in [-0.2, 0) is 0 Å². The monoisotopic (exact) mass is 305 g/mol. The molecule has 0 fully saturated rings. The van der Waals surface area contributed by atoms with Gasteiger partial charge in [-0.05, 0) is 24.3 Å². The number of thiophene rings is 1. The summed E-state index contributed by atoms with van der Waals surface area (Å²) in [6, 6.07) is 6.84. The quantitative estimate of drug-likeness (QED) is 0.777. The van der Waals surface area contributed by atoms with Gasteiger partial charge in [-0.15, -0.1) is 11.3 Å². The van der Waals surface area contributed by atoms with Crippen LogP contribution >= 0.6 is 22.9 Å². The van der Waals surface area contributed by atoms with Gasteiger partial charge in [-0.2, -0.15) is 0 Å². The Kier molecular flexibility index (Phi) is 3.30. The second kappa shape index (κ2) is 5.11. The summed E-state index contributed by atoms with van der Waals surface area (Å²) in [6.45, 7) is 0. The lowest BCUT2D eigenvalue weighted by molar-refractivity contribution is 0.0699. The number of carboxylic acid groups (broad SMARTS) is 1. The van der Waals surface area contributed by atoms with Crippen molar-refractivity contribution < 1.29 is 14.6 Å². The van der Waals surface area contributed by atoms with Crippen molar-refractivity contribution >= 4 is 39.0 Å². The largest absolute Gasteiger partial charge is 0.478 e. The normalized spacial score (nSPS) is 10.7. The lowest BCUT2D eigenvalue weighted by Gasteiger charge is -2.07. The Balaban J connectivity index is 2.09. The Morgan fingerprint density at radius 3 is 2.70 bits per heavy atom. The number of carbonyl (C=O) groups is 1. The number of aromatic carboxylic acids is 1. The highest BCUT2D eigenvalue weighted by atomic mass is 35.5. The minimum absolute atomic E-state index is 0.219. The first-order valence-electron chi connectivity index (χ1n) is 5.67. The van der Waals surface area contributed by atoms with Gasteiger partial charge in [0.15, 0.2) is 5.75 Å². The van der Waals surface area contributed by atoms with Crippen LogP contribution in [0.4, 0.5) is 0 Å². The van der Waals surface area contributed by atoms with Crippen molar-refractivity contribution in [3.8, 4) is 11.5 Å². The van der Waals surface area contributed by atoms with Gasteiger partial charge in [0, 0.05) is 16.6 Å². The Morgan fingerprint density at radius 1 is 1.25 bits per heavy atom. The van der Waals surface area contributed by atoms with Gasteiger partial charge in [-0.1, -0.05) is 11.6 Å². The summed E-state index contributed by atoms with van der Waals surface area (Å²) in [5.74, 6) is 0.0121. The van der Waals surface area contributed by atoms with Crippen molar-refractivity contribution in [1.29, 1.82) is 0 Å². The van der Waals surface area contributed by atoms with E-state index in [9.17, 15) is 9.90 Å². The van der Waals surface area contributed by atoms with E-state index in [1.807, 2.05) is 0 Å². The van der Waals surface area contributed by atoms with E-state index in [1.54, 1.807) is 35.8 Å². The fourth-order valence-corrected chi connectivity index (χ4v) is 2.86. The fourth-order valence-electron chi connectivity index (χ4n) is 1.82. The SMILES string of the molecule is O=C(O)c1csc2cncc(Oc3ccc(Cl)cc3)c12. The highest BCUT2D eigenvalue weighted by Gasteiger charge is 2.16. The maximum atomic E-state index is 11.2. The van der Waals surface area contributed by atoms with Crippen LogP contribution in [0.3, 0.4) is 0 Å². The predicted molar refractivity (Wildman–Crippen MR) is 78.1 cm³/mol. The maximum absolute atomic E-state index is 11.2. The smallest absolute Gasteiger partial charge is 0.337 e. The highest BCUT2D eigenvalue weighted by Crippen LogP contribution is 2.35. The summed E-state index contributed by atoms with van der Waals surface area (Å²) < 4.78 is 6.49. The number of hydrogen-bond acceptors (Lipinski definition) is 4. The number of pyridine rings is 1. The van der Waals surface area contributed by atoms with Crippen LogP contribution in [0.5, 0.6) is 11.5 Å². The van der Waals surface area contributed by atoms with Crippen molar-refractivity contribution in [3.05, 3.63) is 52.6 Å². The fraction of sp³-hybridized carbons (Fsp3) is 0. The van der Waals surface area contributed by atoms with Crippen LogP contribution in [0.15, 0.2) is 42.0 Å². The minimum atomic E-state index is -0.983. The third-order valence-electron chi connectivity index (χ3n) is 2.72. The minimum Gasteiger partial charge on any atom is -0.478 e. The second-order valence-corrected chi connectivity index (χ2v) is 5.37. The highest BCUT2D eigenvalue weighted by molar-refractivity contribution is 7.17. The van der Waals surface area contributed by atoms with E-state index >= 15 is 0 Å². The molecule has 0 aliphatic carbocycles. The molecule has 2 heterocycles. The van der Waals surface area contributed by atoms with Crippen LogP contribution < -0.4 is 4.74 Å².